The third-order valence-corrected chi connectivity index (χ3v) is 2.93. The van der Waals surface area contributed by atoms with Crippen LogP contribution in [0.25, 0.3) is 0 Å². The summed E-state index contributed by atoms with van der Waals surface area (Å²) in [6.07, 6.45) is 0.936. The Labute approximate surface area is 111 Å². The molecular weight excluding hydrogens is 230 g/mol. The van der Waals surface area contributed by atoms with E-state index in [1.807, 2.05) is 21.0 Å². The highest BCUT2D eigenvalue weighted by Gasteiger charge is 2.19. The van der Waals surface area contributed by atoms with Crippen LogP contribution in [0.3, 0.4) is 0 Å². The van der Waals surface area contributed by atoms with E-state index in [0.717, 1.165) is 26.2 Å². The number of hydrogen-bond donors (Lipinski definition) is 3. The fourth-order valence-electron chi connectivity index (χ4n) is 1.09. The predicted molar refractivity (Wildman–Crippen MR) is 76.5 cm³/mol. The van der Waals surface area contributed by atoms with Gasteiger partial charge in [0, 0.05) is 25.3 Å². The third-order valence-electron chi connectivity index (χ3n) is 2.93. The summed E-state index contributed by atoms with van der Waals surface area (Å²) < 4.78 is 5.26. The second-order valence-corrected chi connectivity index (χ2v) is 4.99. The molecule has 0 saturated carbocycles. The van der Waals surface area contributed by atoms with Crippen LogP contribution in [0.2, 0.25) is 0 Å². The first-order chi connectivity index (χ1) is 8.44. The summed E-state index contributed by atoms with van der Waals surface area (Å²) in [5, 5.41) is 3.16. The van der Waals surface area contributed by atoms with Crippen LogP contribution in [0, 0.1) is 0 Å². The molecule has 0 heterocycles. The molecule has 0 aromatic carbocycles. The molecule has 0 saturated heterocycles. The molecule has 0 fully saturated rings. The average Bonchev–Trinajstić information content (AvgIpc) is 2.32. The molecule has 0 aliphatic heterocycles. The van der Waals surface area contributed by atoms with Crippen molar-refractivity contribution in [1.82, 2.24) is 15.6 Å². The number of likely N-dealkylation sites (N-methyl/N-ethyl adjacent to an activating group) is 1. The van der Waals surface area contributed by atoms with Crippen molar-refractivity contribution in [3.8, 4) is 0 Å². The van der Waals surface area contributed by atoms with Gasteiger partial charge in [-0.15, -0.1) is 0 Å². The Morgan fingerprint density at radius 2 is 2.06 bits per heavy atom. The summed E-state index contributed by atoms with van der Waals surface area (Å²) >= 11 is 0. The summed E-state index contributed by atoms with van der Waals surface area (Å²) in [4.78, 5) is 6.58. The van der Waals surface area contributed by atoms with Crippen LogP contribution in [0.1, 0.15) is 27.2 Å². The smallest absolute Gasteiger partial charge is 0.205 e. The number of rotatable bonds is 8. The quantitative estimate of drug-likeness (QED) is 0.190. The van der Waals surface area contributed by atoms with Gasteiger partial charge in [-0.1, -0.05) is 0 Å². The molecular formula is C12H29N5O. The lowest BCUT2D eigenvalue weighted by Crippen LogP contribution is -2.45. The zero-order valence-corrected chi connectivity index (χ0v) is 12.4. The fraction of sp³-hybridized carbons (Fsp3) is 0.917. The minimum atomic E-state index is 0.00903. The number of hydrogen-bond acceptors (Lipinski definition) is 4. The SMILES string of the molecule is CCOCCCNC(=NCC(C)(C)N(C)C)NN. The molecule has 0 unspecified atom stereocenters. The first-order valence-electron chi connectivity index (χ1n) is 6.44. The van der Waals surface area contributed by atoms with Gasteiger partial charge in [-0.3, -0.25) is 10.4 Å². The Kier molecular flexibility index (Phi) is 8.70. The molecule has 108 valence electrons. The van der Waals surface area contributed by atoms with Crippen molar-refractivity contribution >= 4 is 5.96 Å². The first-order valence-corrected chi connectivity index (χ1v) is 6.44. The maximum absolute atomic E-state index is 5.43. The van der Waals surface area contributed by atoms with E-state index in [9.17, 15) is 0 Å². The highest BCUT2D eigenvalue weighted by molar-refractivity contribution is 5.79. The predicted octanol–water partition coefficient (Wildman–Crippen LogP) is 0.162. The van der Waals surface area contributed by atoms with E-state index in [0.29, 0.717) is 12.5 Å². The molecule has 4 N–H and O–H groups in total. The number of aliphatic imine (C=N–C) groups is 1. The molecule has 0 radical (unpaired) electrons. The van der Waals surface area contributed by atoms with Crippen LogP contribution in [0.15, 0.2) is 4.99 Å². The molecule has 0 aliphatic rings. The summed E-state index contributed by atoms with van der Waals surface area (Å²) in [6, 6.07) is 0. The second-order valence-electron chi connectivity index (χ2n) is 4.99. The summed E-state index contributed by atoms with van der Waals surface area (Å²) in [5.74, 6) is 6.06. The highest BCUT2D eigenvalue weighted by Crippen LogP contribution is 2.09. The van der Waals surface area contributed by atoms with Crippen LogP contribution in [0.4, 0.5) is 0 Å². The maximum atomic E-state index is 5.43. The summed E-state index contributed by atoms with van der Waals surface area (Å²) in [7, 11) is 4.08. The van der Waals surface area contributed by atoms with E-state index in [2.05, 4.69) is 34.5 Å². The van der Waals surface area contributed by atoms with E-state index in [1.54, 1.807) is 0 Å². The van der Waals surface area contributed by atoms with Gasteiger partial charge < -0.3 is 15.0 Å². The zero-order valence-electron chi connectivity index (χ0n) is 12.4. The lowest BCUT2D eigenvalue weighted by molar-refractivity contribution is 0.145. The maximum Gasteiger partial charge on any atom is 0.205 e. The standard InChI is InChI=1S/C12H29N5O/c1-6-18-9-7-8-14-11(16-13)15-10-12(2,3)17(4)5/h6-10,13H2,1-5H3,(H2,14,15,16). The number of nitrogens with one attached hydrogen (secondary N) is 2. The van der Waals surface area contributed by atoms with E-state index in [4.69, 9.17) is 10.6 Å². The van der Waals surface area contributed by atoms with Crippen molar-refractivity contribution in [2.24, 2.45) is 10.8 Å². The average molecular weight is 259 g/mol. The Morgan fingerprint density at radius 1 is 1.39 bits per heavy atom. The van der Waals surface area contributed by atoms with Gasteiger partial charge in [0.25, 0.3) is 0 Å². The largest absolute Gasteiger partial charge is 0.382 e. The highest BCUT2D eigenvalue weighted by atomic mass is 16.5. The first kappa shape index (κ1) is 17.2. The molecule has 0 aliphatic carbocycles. The third kappa shape index (κ3) is 7.47. The molecule has 0 amide bonds. The van der Waals surface area contributed by atoms with Gasteiger partial charge in [0.15, 0.2) is 0 Å². The topological polar surface area (TPSA) is 74.9 Å². The molecule has 6 nitrogen and oxygen atoms in total. The number of ether oxygens (including phenoxy) is 1. The Morgan fingerprint density at radius 3 is 2.56 bits per heavy atom. The zero-order chi connectivity index (χ0) is 14.0. The van der Waals surface area contributed by atoms with Crippen LogP contribution >= 0.6 is 0 Å². The minimum Gasteiger partial charge on any atom is -0.382 e. The molecule has 0 rings (SSSR count). The van der Waals surface area contributed by atoms with Gasteiger partial charge in [-0.2, -0.15) is 0 Å². The monoisotopic (exact) mass is 259 g/mol. The molecule has 0 atom stereocenters. The molecule has 0 spiro atoms. The van der Waals surface area contributed by atoms with Crippen LogP contribution in [-0.4, -0.2) is 56.8 Å². The Hall–Kier alpha value is -0.850. The molecule has 0 bridgehead atoms. The second kappa shape index (κ2) is 9.13. The van der Waals surface area contributed by atoms with E-state index in [1.165, 1.54) is 0 Å². The Balaban J connectivity index is 4.01. The normalized spacial score (nSPS) is 12.9. The molecule has 0 aromatic rings. The van der Waals surface area contributed by atoms with Gasteiger partial charge in [0.05, 0.1) is 6.54 Å². The summed E-state index contributed by atoms with van der Waals surface area (Å²) in [6.45, 7) is 9.26. The van der Waals surface area contributed by atoms with Crippen molar-refractivity contribution in [2.45, 2.75) is 32.7 Å². The lowest BCUT2D eigenvalue weighted by atomic mass is 10.1. The van der Waals surface area contributed by atoms with Gasteiger partial charge in [-0.05, 0) is 41.3 Å². The van der Waals surface area contributed by atoms with Gasteiger partial charge in [-0.25, -0.2) is 5.84 Å². The summed E-state index contributed by atoms with van der Waals surface area (Å²) in [5.41, 5.74) is 2.59. The number of nitrogens with zero attached hydrogens (tertiary/aromatic N) is 2. The molecule has 6 heteroatoms. The Bertz CT molecular complexity index is 241. The van der Waals surface area contributed by atoms with Gasteiger partial charge >= 0.3 is 0 Å². The van der Waals surface area contributed by atoms with E-state index >= 15 is 0 Å². The lowest BCUT2D eigenvalue weighted by Gasteiger charge is -2.30. The van der Waals surface area contributed by atoms with E-state index in [-0.39, 0.29) is 5.54 Å². The van der Waals surface area contributed by atoms with Crippen molar-refractivity contribution in [2.75, 3.05) is 40.4 Å². The minimum absolute atomic E-state index is 0.00903. The van der Waals surface area contributed by atoms with Crippen LogP contribution in [-0.2, 0) is 4.74 Å². The molecule has 0 aromatic heterocycles. The van der Waals surface area contributed by atoms with Crippen molar-refractivity contribution in [1.29, 1.82) is 0 Å². The van der Waals surface area contributed by atoms with Crippen LogP contribution < -0.4 is 16.6 Å². The van der Waals surface area contributed by atoms with Crippen molar-refractivity contribution in [3.05, 3.63) is 0 Å². The van der Waals surface area contributed by atoms with Gasteiger partial charge in [0.1, 0.15) is 0 Å². The van der Waals surface area contributed by atoms with E-state index < -0.39 is 0 Å². The van der Waals surface area contributed by atoms with Crippen LogP contribution in [0.5, 0.6) is 0 Å². The van der Waals surface area contributed by atoms with Crippen molar-refractivity contribution in [3.63, 3.8) is 0 Å². The van der Waals surface area contributed by atoms with Gasteiger partial charge in [0.2, 0.25) is 5.96 Å². The number of guanidine groups is 1. The number of nitrogens with two attached hydrogens (primary N) is 1. The number of hydrazine groups is 1. The fourth-order valence-corrected chi connectivity index (χ4v) is 1.09. The molecule has 18 heavy (non-hydrogen) atoms. The van der Waals surface area contributed by atoms with Crippen molar-refractivity contribution < 1.29 is 4.74 Å².